The Morgan fingerprint density at radius 1 is 1.53 bits per heavy atom. The molecule has 0 aliphatic carbocycles. The molecule has 17 heavy (non-hydrogen) atoms. The number of carbonyl (C=O) groups excluding carboxylic acids is 1. The van der Waals surface area contributed by atoms with Gasteiger partial charge in [0.25, 0.3) is 5.91 Å². The van der Waals surface area contributed by atoms with Crippen molar-refractivity contribution in [3.05, 3.63) is 40.5 Å². The zero-order chi connectivity index (χ0) is 12.4. The van der Waals surface area contributed by atoms with Gasteiger partial charge >= 0.3 is 0 Å². The molecule has 1 aromatic carbocycles. The summed E-state index contributed by atoms with van der Waals surface area (Å²) in [5, 5.41) is 9.38. The number of benzene rings is 1. The summed E-state index contributed by atoms with van der Waals surface area (Å²) in [5.41, 5.74) is 7.32. The second-order valence-electron chi connectivity index (χ2n) is 3.58. The first-order chi connectivity index (χ1) is 8.09. The molecule has 0 aliphatic rings. The molecule has 0 spiro atoms. The third-order valence-corrected chi connectivity index (χ3v) is 2.69. The van der Waals surface area contributed by atoms with Crippen LogP contribution in [0.4, 0.5) is 11.5 Å². The van der Waals surface area contributed by atoms with Gasteiger partial charge < -0.3 is 11.1 Å². The molecule has 1 heterocycles. The fraction of sp³-hybridized carbons (Fsp3) is 0.0909. The van der Waals surface area contributed by atoms with E-state index in [-0.39, 0.29) is 11.7 Å². The van der Waals surface area contributed by atoms with Crippen LogP contribution in [-0.4, -0.2) is 16.1 Å². The summed E-state index contributed by atoms with van der Waals surface area (Å²) in [5.74, 6) is -0.111. The zero-order valence-electron chi connectivity index (χ0n) is 9.12. The maximum absolute atomic E-state index is 11.9. The summed E-state index contributed by atoms with van der Waals surface area (Å²) >= 11 is 6.01. The van der Waals surface area contributed by atoms with Crippen LogP contribution in [-0.2, 0) is 0 Å². The van der Waals surface area contributed by atoms with Crippen molar-refractivity contribution < 1.29 is 4.79 Å². The SMILES string of the molecule is Cc1cccc(Cl)c1NC(=O)c1cn[nH]c1N. The van der Waals surface area contributed by atoms with Gasteiger partial charge in [-0.3, -0.25) is 9.89 Å². The maximum Gasteiger partial charge on any atom is 0.261 e. The van der Waals surface area contributed by atoms with Crippen LogP contribution in [0.2, 0.25) is 5.02 Å². The van der Waals surface area contributed by atoms with Crippen molar-refractivity contribution in [2.75, 3.05) is 11.1 Å². The van der Waals surface area contributed by atoms with Gasteiger partial charge in [-0.25, -0.2) is 0 Å². The average molecular weight is 251 g/mol. The first-order valence-electron chi connectivity index (χ1n) is 4.95. The Labute approximate surface area is 103 Å². The third kappa shape index (κ3) is 2.24. The lowest BCUT2D eigenvalue weighted by molar-refractivity contribution is 0.102. The number of carbonyl (C=O) groups is 1. The number of aromatic nitrogens is 2. The topological polar surface area (TPSA) is 83.8 Å². The highest BCUT2D eigenvalue weighted by Crippen LogP contribution is 2.26. The van der Waals surface area contributed by atoms with Crippen LogP contribution < -0.4 is 11.1 Å². The van der Waals surface area contributed by atoms with Gasteiger partial charge in [0, 0.05) is 0 Å². The Morgan fingerprint density at radius 2 is 2.29 bits per heavy atom. The van der Waals surface area contributed by atoms with Crippen LogP contribution in [0.5, 0.6) is 0 Å². The normalized spacial score (nSPS) is 10.2. The van der Waals surface area contributed by atoms with Gasteiger partial charge in [0.05, 0.1) is 16.9 Å². The number of amides is 1. The summed E-state index contributed by atoms with van der Waals surface area (Å²) in [6.45, 7) is 1.86. The summed E-state index contributed by atoms with van der Waals surface area (Å²) < 4.78 is 0. The van der Waals surface area contributed by atoms with Crippen molar-refractivity contribution in [2.24, 2.45) is 0 Å². The number of aromatic amines is 1. The predicted molar refractivity (Wildman–Crippen MR) is 67.1 cm³/mol. The minimum Gasteiger partial charge on any atom is -0.383 e. The van der Waals surface area contributed by atoms with Gasteiger partial charge in [-0.15, -0.1) is 0 Å². The van der Waals surface area contributed by atoms with Crippen LogP contribution in [0, 0.1) is 6.92 Å². The summed E-state index contributed by atoms with van der Waals surface area (Å²) in [6.07, 6.45) is 1.37. The highest BCUT2D eigenvalue weighted by Gasteiger charge is 2.14. The Morgan fingerprint density at radius 3 is 2.88 bits per heavy atom. The summed E-state index contributed by atoms with van der Waals surface area (Å²) in [4.78, 5) is 11.9. The van der Waals surface area contributed by atoms with E-state index in [2.05, 4.69) is 15.5 Å². The number of aryl methyl sites for hydroxylation is 1. The van der Waals surface area contributed by atoms with Crippen molar-refractivity contribution in [3.63, 3.8) is 0 Å². The Balaban J connectivity index is 2.28. The lowest BCUT2D eigenvalue weighted by Gasteiger charge is -2.09. The Hall–Kier alpha value is -2.01. The second-order valence-corrected chi connectivity index (χ2v) is 3.99. The van der Waals surface area contributed by atoms with E-state index < -0.39 is 0 Å². The third-order valence-electron chi connectivity index (χ3n) is 2.37. The van der Waals surface area contributed by atoms with Crippen LogP contribution in [0.1, 0.15) is 15.9 Å². The van der Waals surface area contributed by atoms with Crippen LogP contribution >= 0.6 is 11.6 Å². The molecule has 6 heteroatoms. The molecule has 0 bridgehead atoms. The monoisotopic (exact) mass is 250 g/mol. The molecule has 0 unspecified atom stereocenters. The van der Waals surface area contributed by atoms with Crippen molar-refractivity contribution in [2.45, 2.75) is 6.92 Å². The number of hydrogen-bond donors (Lipinski definition) is 3. The molecule has 0 radical (unpaired) electrons. The summed E-state index contributed by atoms with van der Waals surface area (Å²) in [7, 11) is 0. The van der Waals surface area contributed by atoms with Crippen LogP contribution in [0.25, 0.3) is 0 Å². The Kier molecular flexibility index (Phi) is 3.01. The molecule has 1 aromatic heterocycles. The molecular weight excluding hydrogens is 240 g/mol. The first kappa shape index (κ1) is 11.5. The molecular formula is C11H11ClN4O. The average Bonchev–Trinajstić information content (AvgIpc) is 2.70. The molecule has 5 nitrogen and oxygen atoms in total. The van der Waals surface area contributed by atoms with Gasteiger partial charge in [0.2, 0.25) is 0 Å². The van der Waals surface area contributed by atoms with E-state index in [1.807, 2.05) is 19.1 Å². The number of halogens is 1. The number of rotatable bonds is 2. The fourth-order valence-corrected chi connectivity index (χ4v) is 1.72. The molecule has 0 fully saturated rings. The van der Waals surface area contributed by atoms with E-state index >= 15 is 0 Å². The molecule has 2 rings (SSSR count). The zero-order valence-corrected chi connectivity index (χ0v) is 9.88. The highest BCUT2D eigenvalue weighted by atomic mass is 35.5. The Bertz CT molecular complexity index is 544. The smallest absolute Gasteiger partial charge is 0.261 e. The first-order valence-corrected chi connectivity index (χ1v) is 5.32. The number of nitrogens with one attached hydrogen (secondary N) is 2. The van der Waals surface area contributed by atoms with Crippen molar-refractivity contribution in [1.82, 2.24) is 10.2 Å². The van der Waals surface area contributed by atoms with Gasteiger partial charge in [-0.2, -0.15) is 5.10 Å². The highest BCUT2D eigenvalue weighted by molar-refractivity contribution is 6.34. The number of hydrogen-bond acceptors (Lipinski definition) is 3. The molecule has 1 amide bonds. The molecule has 0 aliphatic heterocycles. The number of nitrogens with two attached hydrogens (primary N) is 1. The lowest BCUT2D eigenvalue weighted by Crippen LogP contribution is -2.14. The van der Waals surface area contributed by atoms with E-state index in [0.717, 1.165) is 5.56 Å². The minimum atomic E-state index is -0.340. The minimum absolute atomic E-state index is 0.229. The predicted octanol–water partition coefficient (Wildman–Crippen LogP) is 2.21. The second kappa shape index (κ2) is 4.47. The number of para-hydroxylation sites is 1. The van der Waals surface area contributed by atoms with Crippen LogP contribution in [0.15, 0.2) is 24.4 Å². The lowest BCUT2D eigenvalue weighted by atomic mass is 10.2. The quantitative estimate of drug-likeness (QED) is 0.764. The molecule has 0 saturated heterocycles. The summed E-state index contributed by atoms with van der Waals surface area (Å²) in [6, 6.07) is 5.39. The molecule has 88 valence electrons. The number of H-pyrrole nitrogens is 1. The van der Waals surface area contributed by atoms with Gasteiger partial charge in [-0.05, 0) is 18.6 Å². The maximum atomic E-state index is 11.9. The number of nitrogen functional groups attached to an aromatic ring is 1. The van der Waals surface area contributed by atoms with Crippen LogP contribution in [0.3, 0.4) is 0 Å². The van der Waals surface area contributed by atoms with E-state index in [1.165, 1.54) is 6.20 Å². The van der Waals surface area contributed by atoms with E-state index in [4.69, 9.17) is 17.3 Å². The molecule has 0 saturated carbocycles. The molecule has 0 atom stereocenters. The van der Waals surface area contributed by atoms with E-state index in [9.17, 15) is 4.79 Å². The standard InChI is InChI=1S/C11H11ClN4O/c1-6-3-2-4-8(12)9(6)15-11(17)7-5-14-16-10(7)13/h2-5H,1H3,(H,15,17)(H3,13,14,16). The van der Waals surface area contributed by atoms with Gasteiger partial charge in [0.1, 0.15) is 11.4 Å². The van der Waals surface area contributed by atoms with Crippen molar-refractivity contribution in [1.29, 1.82) is 0 Å². The van der Waals surface area contributed by atoms with Gasteiger partial charge in [-0.1, -0.05) is 23.7 Å². The fourth-order valence-electron chi connectivity index (χ4n) is 1.45. The van der Waals surface area contributed by atoms with Gasteiger partial charge in [0.15, 0.2) is 0 Å². The number of anilines is 2. The van der Waals surface area contributed by atoms with Crippen molar-refractivity contribution in [3.8, 4) is 0 Å². The molecule has 4 N–H and O–H groups in total. The molecule has 2 aromatic rings. The van der Waals surface area contributed by atoms with E-state index in [0.29, 0.717) is 16.3 Å². The van der Waals surface area contributed by atoms with E-state index in [1.54, 1.807) is 6.07 Å². The largest absolute Gasteiger partial charge is 0.383 e. The number of nitrogens with zero attached hydrogens (tertiary/aromatic N) is 1. The van der Waals surface area contributed by atoms with Crippen molar-refractivity contribution >= 4 is 29.0 Å².